The summed E-state index contributed by atoms with van der Waals surface area (Å²) in [6.45, 7) is 7.41. The fourth-order valence-electron chi connectivity index (χ4n) is 4.40. The average molecular weight is 332 g/mol. The minimum atomic E-state index is 0.0939. The third kappa shape index (κ3) is 2.86. The van der Waals surface area contributed by atoms with E-state index >= 15 is 0 Å². The van der Waals surface area contributed by atoms with E-state index in [-0.39, 0.29) is 12.0 Å². The molecular formula is C18H28N4O2. The summed E-state index contributed by atoms with van der Waals surface area (Å²) < 4.78 is 7.59. The Bertz CT molecular complexity index is 602. The number of aromatic nitrogens is 2. The zero-order chi connectivity index (χ0) is 16.7. The summed E-state index contributed by atoms with van der Waals surface area (Å²) in [6.07, 6.45) is 4.92. The summed E-state index contributed by atoms with van der Waals surface area (Å²) in [4.78, 5) is 22.3. The first-order valence-corrected chi connectivity index (χ1v) is 9.24. The van der Waals surface area contributed by atoms with Crippen molar-refractivity contribution >= 4 is 5.91 Å². The van der Waals surface area contributed by atoms with Gasteiger partial charge in [-0.3, -0.25) is 9.69 Å². The van der Waals surface area contributed by atoms with Gasteiger partial charge < -0.3 is 14.2 Å². The topological polar surface area (TPSA) is 50.6 Å². The van der Waals surface area contributed by atoms with Crippen molar-refractivity contribution in [1.82, 2.24) is 19.4 Å². The normalized spacial score (nSPS) is 30.8. The summed E-state index contributed by atoms with van der Waals surface area (Å²) in [6, 6.07) is 0.0939. The molecule has 1 aliphatic carbocycles. The molecule has 2 fully saturated rings. The average Bonchev–Trinajstić information content (AvgIpc) is 2.94. The van der Waals surface area contributed by atoms with Gasteiger partial charge in [-0.25, -0.2) is 4.98 Å². The van der Waals surface area contributed by atoms with Crippen molar-refractivity contribution in [1.29, 1.82) is 0 Å². The number of rotatable bonds is 3. The van der Waals surface area contributed by atoms with Crippen LogP contribution in [0, 0.1) is 11.8 Å². The van der Waals surface area contributed by atoms with Crippen LogP contribution in [0.15, 0.2) is 6.33 Å². The summed E-state index contributed by atoms with van der Waals surface area (Å²) in [5.74, 6) is 1.28. The SMILES string of the molecule is CC1CC(C(=O)N2CCc3c(ncn3C)C2CN2CCOCC2)C1. The van der Waals surface area contributed by atoms with Crippen molar-refractivity contribution in [2.45, 2.75) is 32.2 Å². The summed E-state index contributed by atoms with van der Waals surface area (Å²) >= 11 is 0. The van der Waals surface area contributed by atoms with E-state index in [1.54, 1.807) is 0 Å². The highest BCUT2D eigenvalue weighted by atomic mass is 16.5. The molecule has 1 atom stereocenters. The monoisotopic (exact) mass is 332 g/mol. The van der Waals surface area contributed by atoms with Crippen molar-refractivity contribution in [3.05, 3.63) is 17.7 Å². The zero-order valence-corrected chi connectivity index (χ0v) is 14.8. The van der Waals surface area contributed by atoms with Gasteiger partial charge in [-0.05, 0) is 18.8 Å². The molecule has 0 radical (unpaired) electrons. The molecule has 1 aromatic heterocycles. The molecule has 0 bridgehead atoms. The molecule has 4 rings (SSSR count). The molecular weight excluding hydrogens is 304 g/mol. The number of ether oxygens (including phenoxy) is 1. The van der Waals surface area contributed by atoms with Crippen LogP contribution in [-0.4, -0.2) is 64.7 Å². The molecule has 0 N–H and O–H groups in total. The number of imidazole rings is 1. The Morgan fingerprint density at radius 2 is 2.04 bits per heavy atom. The Labute approximate surface area is 143 Å². The lowest BCUT2D eigenvalue weighted by atomic mass is 9.75. The Morgan fingerprint density at radius 3 is 2.75 bits per heavy atom. The molecule has 1 amide bonds. The summed E-state index contributed by atoms with van der Waals surface area (Å²) in [7, 11) is 2.06. The van der Waals surface area contributed by atoms with E-state index in [0.29, 0.717) is 11.8 Å². The first-order chi connectivity index (χ1) is 11.6. The van der Waals surface area contributed by atoms with Crippen LogP contribution < -0.4 is 0 Å². The van der Waals surface area contributed by atoms with Crippen LogP contribution in [0.2, 0.25) is 0 Å². The molecule has 6 heteroatoms. The number of aryl methyl sites for hydroxylation is 1. The lowest BCUT2D eigenvalue weighted by Gasteiger charge is -2.43. The smallest absolute Gasteiger partial charge is 0.226 e. The van der Waals surface area contributed by atoms with Gasteiger partial charge in [0.1, 0.15) is 0 Å². The molecule has 3 aliphatic rings. The Morgan fingerprint density at radius 1 is 1.29 bits per heavy atom. The number of fused-ring (bicyclic) bond motifs is 1. The van der Waals surface area contributed by atoms with Crippen LogP contribution >= 0.6 is 0 Å². The maximum atomic E-state index is 13.0. The second-order valence-electron chi connectivity index (χ2n) is 7.67. The minimum Gasteiger partial charge on any atom is -0.379 e. The van der Waals surface area contributed by atoms with E-state index in [0.717, 1.165) is 64.3 Å². The highest BCUT2D eigenvalue weighted by Crippen LogP contribution is 2.38. The van der Waals surface area contributed by atoms with Crippen LogP contribution in [0.1, 0.15) is 37.2 Å². The number of morpholine rings is 1. The molecule has 1 saturated carbocycles. The van der Waals surface area contributed by atoms with E-state index in [2.05, 4.69) is 33.3 Å². The number of hydrogen-bond acceptors (Lipinski definition) is 4. The molecule has 3 heterocycles. The number of nitrogens with zero attached hydrogens (tertiary/aromatic N) is 4. The maximum Gasteiger partial charge on any atom is 0.226 e. The van der Waals surface area contributed by atoms with Gasteiger partial charge >= 0.3 is 0 Å². The molecule has 24 heavy (non-hydrogen) atoms. The van der Waals surface area contributed by atoms with Gasteiger partial charge in [0.05, 0.1) is 31.3 Å². The zero-order valence-electron chi connectivity index (χ0n) is 14.8. The largest absolute Gasteiger partial charge is 0.379 e. The number of carbonyl (C=O) groups excluding carboxylic acids is 1. The van der Waals surface area contributed by atoms with E-state index in [1.165, 1.54) is 5.69 Å². The van der Waals surface area contributed by atoms with Crippen molar-refractivity contribution in [3.8, 4) is 0 Å². The number of amides is 1. The van der Waals surface area contributed by atoms with Crippen molar-refractivity contribution < 1.29 is 9.53 Å². The van der Waals surface area contributed by atoms with Crippen molar-refractivity contribution in [3.63, 3.8) is 0 Å². The van der Waals surface area contributed by atoms with Gasteiger partial charge in [-0.2, -0.15) is 0 Å². The number of hydrogen-bond donors (Lipinski definition) is 0. The third-order valence-electron chi connectivity index (χ3n) is 5.91. The van der Waals surface area contributed by atoms with E-state index in [9.17, 15) is 4.79 Å². The fraction of sp³-hybridized carbons (Fsp3) is 0.778. The highest BCUT2D eigenvalue weighted by Gasteiger charge is 2.40. The predicted octanol–water partition coefficient (Wildman–Crippen LogP) is 1.22. The molecule has 132 valence electrons. The molecule has 1 saturated heterocycles. The second-order valence-corrected chi connectivity index (χ2v) is 7.67. The maximum absolute atomic E-state index is 13.0. The van der Waals surface area contributed by atoms with Crippen LogP contribution in [0.25, 0.3) is 0 Å². The standard InChI is InChI=1S/C18H28N4O2/c1-13-9-14(10-13)18(23)22-4-3-15-17(19-12-20(15)2)16(22)11-21-5-7-24-8-6-21/h12-14,16H,3-11H2,1-2H3. The van der Waals surface area contributed by atoms with Gasteiger partial charge in [0.15, 0.2) is 0 Å². The van der Waals surface area contributed by atoms with Gasteiger partial charge in [0, 0.05) is 51.3 Å². The van der Waals surface area contributed by atoms with Gasteiger partial charge in [0.2, 0.25) is 5.91 Å². The van der Waals surface area contributed by atoms with E-state index < -0.39 is 0 Å². The Balaban J connectivity index is 1.56. The first-order valence-electron chi connectivity index (χ1n) is 9.24. The van der Waals surface area contributed by atoms with Crippen molar-refractivity contribution in [2.75, 3.05) is 39.4 Å². The Hall–Kier alpha value is -1.40. The third-order valence-corrected chi connectivity index (χ3v) is 5.91. The summed E-state index contributed by atoms with van der Waals surface area (Å²) in [5.41, 5.74) is 2.40. The first kappa shape index (κ1) is 16.1. The van der Waals surface area contributed by atoms with Crippen molar-refractivity contribution in [2.24, 2.45) is 18.9 Å². The lowest BCUT2D eigenvalue weighted by molar-refractivity contribution is -0.143. The van der Waals surface area contributed by atoms with E-state index in [4.69, 9.17) is 4.74 Å². The van der Waals surface area contributed by atoms with Gasteiger partial charge in [-0.15, -0.1) is 0 Å². The van der Waals surface area contributed by atoms with Crippen LogP contribution in [0.5, 0.6) is 0 Å². The minimum absolute atomic E-state index is 0.0939. The van der Waals surface area contributed by atoms with Crippen LogP contribution in [0.4, 0.5) is 0 Å². The van der Waals surface area contributed by atoms with Crippen LogP contribution in [0.3, 0.4) is 0 Å². The second kappa shape index (κ2) is 6.48. The molecule has 1 unspecified atom stereocenters. The highest BCUT2D eigenvalue weighted by molar-refractivity contribution is 5.80. The van der Waals surface area contributed by atoms with Gasteiger partial charge in [0.25, 0.3) is 0 Å². The van der Waals surface area contributed by atoms with Crippen LogP contribution in [-0.2, 0) is 23.0 Å². The van der Waals surface area contributed by atoms with Gasteiger partial charge in [-0.1, -0.05) is 6.92 Å². The number of carbonyl (C=O) groups is 1. The molecule has 0 aromatic carbocycles. The Kier molecular flexibility index (Phi) is 4.35. The fourth-order valence-corrected chi connectivity index (χ4v) is 4.40. The lowest BCUT2D eigenvalue weighted by Crippen LogP contribution is -2.50. The quantitative estimate of drug-likeness (QED) is 0.835. The molecule has 6 nitrogen and oxygen atoms in total. The summed E-state index contributed by atoms with van der Waals surface area (Å²) in [5, 5.41) is 0. The molecule has 0 spiro atoms. The van der Waals surface area contributed by atoms with E-state index in [1.807, 2.05) is 6.33 Å². The molecule has 1 aromatic rings. The predicted molar refractivity (Wildman–Crippen MR) is 90.5 cm³/mol. The molecule has 2 aliphatic heterocycles.